The van der Waals surface area contributed by atoms with E-state index >= 15 is 0 Å². The van der Waals surface area contributed by atoms with E-state index in [1.54, 1.807) is 25.3 Å². The van der Waals surface area contributed by atoms with E-state index in [0.29, 0.717) is 24.2 Å². The molecule has 0 radical (unpaired) electrons. The summed E-state index contributed by atoms with van der Waals surface area (Å²) in [5, 5.41) is 9.16. The molecule has 3 rings (SSSR count). The fourth-order valence-electron chi connectivity index (χ4n) is 2.39. The number of hydrogen-bond donors (Lipinski definition) is 1. The molecule has 0 saturated heterocycles. The van der Waals surface area contributed by atoms with Crippen molar-refractivity contribution < 1.29 is 19.1 Å². The van der Waals surface area contributed by atoms with Gasteiger partial charge in [0.2, 0.25) is 5.89 Å². The van der Waals surface area contributed by atoms with Gasteiger partial charge in [0, 0.05) is 18.6 Å². The fourth-order valence-corrected chi connectivity index (χ4v) is 2.39. The zero-order valence-electron chi connectivity index (χ0n) is 12.0. The molecule has 0 spiro atoms. The molecule has 1 fully saturated rings. The molecule has 1 N–H and O–H groups in total. The quantitative estimate of drug-likeness (QED) is 0.912. The van der Waals surface area contributed by atoms with E-state index in [1.807, 2.05) is 6.92 Å². The van der Waals surface area contributed by atoms with Crippen LogP contribution in [0.25, 0.3) is 11.3 Å². The molecule has 1 aliphatic rings. The Morgan fingerprint density at radius 1 is 1.48 bits per heavy atom. The average molecular weight is 287 g/mol. The highest BCUT2D eigenvalue weighted by molar-refractivity contribution is 5.89. The maximum Gasteiger partial charge on any atom is 0.335 e. The van der Waals surface area contributed by atoms with E-state index in [2.05, 4.69) is 4.98 Å². The summed E-state index contributed by atoms with van der Waals surface area (Å²) < 4.78 is 10.9. The third-order valence-corrected chi connectivity index (χ3v) is 3.66. The predicted octanol–water partition coefficient (Wildman–Crippen LogP) is 3.37. The minimum absolute atomic E-state index is 0.252. The number of nitrogens with zero attached hydrogens (tertiary/aromatic N) is 1. The van der Waals surface area contributed by atoms with E-state index in [-0.39, 0.29) is 5.56 Å². The Kier molecular flexibility index (Phi) is 3.51. The average Bonchev–Trinajstić information content (AvgIpc) is 3.21. The monoisotopic (exact) mass is 287 g/mol. The summed E-state index contributed by atoms with van der Waals surface area (Å²) in [5.41, 5.74) is 2.95. The van der Waals surface area contributed by atoms with Gasteiger partial charge in [0.05, 0.1) is 11.3 Å². The molecule has 110 valence electrons. The van der Waals surface area contributed by atoms with Crippen LogP contribution in [0.15, 0.2) is 22.6 Å². The van der Waals surface area contributed by atoms with Crippen molar-refractivity contribution in [2.45, 2.75) is 32.3 Å². The number of benzene rings is 1. The Hall–Kier alpha value is -2.14. The molecule has 5 heteroatoms. The largest absolute Gasteiger partial charge is 0.478 e. The van der Waals surface area contributed by atoms with Crippen LogP contribution in [0, 0.1) is 6.92 Å². The minimum Gasteiger partial charge on any atom is -0.478 e. The van der Waals surface area contributed by atoms with Gasteiger partial charge < -0.3 is 14.3 Å². The van der Waals surface area contributed by atoms with Crippen LogP contribution in [0.1, 0.15) is 46.3 Å². The molecule has 5 nitrogen and oxygen atoms in total. The minimum atomic E-state index is -0.944. The second-order valence-corrected chi connectivity index (χ2v) is 5.36. The fraction of sp³-hybridized carbons (Fsp3) is 0.375. The third kappa shape index (κ3) is 2.69. The van der Waals surface area contributed by atoms with Crippen LogP contribution in [0.2, 0.25) is 0 Å². The number of hydrogen-bond acceptors (Lipinski definition) is 4. The van der Waals surface area contributed by atoms with Gasteiger partial charge in [-0.15, -0.1) is 0 Å². The second kappa shape index (κ2) is 5.33. The van der Waals surface area contributed by atoms with Crippen LogP contribution in [-0.4, -0.2) is 23.2 Å². The van der Waals surface area contributed by atoms with Gasteiger partial charge in [-0.05, 0) is 37.5 Å². The van der Waals surface area contributed by atoms with E-state index in [1.165, 1.54) is 0 Å². The number of aromatic carboxylic acids is 1. The van der Waals surface area contributed by atoms with Crippen molar-refractivity contribution in [3.05, 3.63) is 40.9 Å². The first-order chi connectivity index (χ1) is 10.1. The summed E-state index contributed by atoms with van der Waals surface area (Å²) in [5.74, 6) is 0.697. The number of methoxy groups -OCH3 is 1. The Labute approximate surface area is 122 Å². The van der Waals surface area contributed by atoms with E-state index < -0.39 is 5.97 Å². The first-order valence-electron chi connectivity index (χ1n) is 6.93. The van der Waals surface area contributed by atoms with Crippen molar-refractivity contribution in [2.75, 3.05) is 7.11 Å². The van der Waals surface area contributed by atoms with Crippen molar-refractivity contribution in [2.24, 2.45) is 0 Å². The molecule has 0 bridgehead atoms. The number of carboxylic acids is 1. The molecule has 0 amide bonds. The number of aromatic nitrogens is 1. The SMILES string of the molecule is COCc1nc(C2CC2)c(-c2cc(C(=O)O)ccc2C)o1. The Morgan fingerprint density at radius 2 is 2.24 bits per heavy atom. The molecular formula is C16H17NO4. The van der Waals surface area contributed by atoms with Crippen LogP contribution in [0.4, 0.5) is 0 Å². The number of rotatable bonds is 5. The lowest BCUT2D eigenvalue weighted by atomic mass is 10.0. The summed E-state index contributed by atoms with van der Waals surface area (Å²) in [7, 11) is 1.59. The summed E-state index contributed by atoms with van der Waals surface area (Å²) in [4.78, 5) is 15.7. The van der Waals surface area contributed by atoms with Crippen LogP contribution in [-0.2, 0) is 11.3 Å². The summed E-state index contributed by atoms with van der Waals surface area (Å²) in [6.45, 7) is 2.26. The molecule has 1 aromatic heterocycles. The summed E-state index contributed by atoms with van der Waals surface area (Å²) in [6, 6.07) is 5.05. The smallest absolute Gasteiger partial charge is 0.335 e. The van der Waals surface area contributed by atoms with Crippen molar-refractivity contribution >= 4 is 5.97 Å². The molecule has 2 aromatic rings. The maximum absolute atomic E-state index is 11.2. The standard InChI is InChI=1S/C16H17NO4/c1-9-3-4-11(16(18)19)7-12(9)15-14(10-5-6-10)17-13(21-15)8-20-2/h3-4,7,10H,5-6,8H2,1-2H3,(H,18,19). The molecule has 1 saturated carbocycles. The van der Waals surface area contributed by atoms with Gasteiger partial charge in [-0.2, -0.15) is 0 Å². The molecule has 0 unspecified atom stereocenters. The van der Waals surface area contributed by atoms with Crippen LogP contribution < -0.4 is 0 Å². The van der Waals surface area contributed by atoms with Gasteiger partial charge >= 0.3 is 5.97 Å². The zero-order valence-corrected chi connectivity index (χ0v) is 12.0. The first-order valence-corrected chi connectivity index (χ1v) is 6.93. The lowest BCUT2D eigenvalue weighted by molar-refractivity contribution is 0.0697. The Bertz CT molecular complexity index is 686. The topological polar surface area (TPSA) is 72.6 Å². The lowest BCUT2D eigenvalue weighted by Crippen LogP contribution is -1.97. The Balaban J connectivity index is 2.10. The molecule has 1 heterocycles. The third-order valence-electron chi connectivity index (χ3n) is 3.66. The highest BCUT2D eigenvalue weighted by Gasteiger charge is 2.32. The maximum atomic E-state index is 11.2. The first kappa shape index (κ1) is 13.8. The molecule has 0 aliphatic heterocycles. The number of oxazole rings is 1. The number of carbonyl (C=O) groups is 1. The van der Waals surface area contributed by atoms with Gasteiger partial charge in [-0.25, -0.2) is 9.78 Å². The van der Waals surface area contributed by atoms with Crippen molar-refractivity contribution in [1.82, 2.24) is 4.98 Å². The molecule has 1 aromatic carbocycles. The van der Waals surface area contributed by atoms with Gasteiger partial charge in [-0.3, -0.25) is 0 Å². The highest BCUT2D eigenvalue weighted by Crippen LogP contribution is 2.45. The van der Waals surface area contributed by atoms with Crippen LogP contribution >= 0.6 is 0 Å². The van der Waals surface area contributed by atoms with Gasteiger partial charge in [-0.1, -0.05) is 6.07 Å². The van der Waals surface area contributed by atoms with Crippen molar-refractivity contribution in [3.8, 4) is 11.3 Å². The van der Waals surface area contributed by atoms with Gasteiger partial charge in [0.15, 0.2) is 5.76 Å². The van der Waals surface area contributed by atoms with Crippen LogP contribution in [0.3, 0.4) is 0 Å². The number of ether oxygens (including phenoxy) is 1. The summed E-state index contributed by atoms with van der Waals surface area (Å²) in [6.07, 6.45) is 2.20. The Morgan fingerprint density at radius 3 is 2.86 bits per heavy atom. The van der Waals surface area contributed by atoms with E-state index in [4.69, 9.17) is 14.3 Å². The molecule has 21 heavy (non-hydrogen) atoms. The van der Waals surface area contributed by atoms with Gasteiger partial charge in [0.25, 0.3) is 0 Å². The van der Waals surface area contributed by atoms with Crippen molar-refractivity contribution in [3.63, 3.8) is 0 Å². The molecular weight excluding hydrogens is 270 g/mol. The van der Waals surface area contributed by atoms with Crippen molar-refractivity contribution in [1.29, 1.82) is 0 Å². The van der Waals surface area contributed by atoms with E-state index in [9.17, 15) is 4.79 Å². The van der Waals surface area contributed by atoms with Crippen LogP contribution in [0.5, 0.6) is 0 Å². The number of carboxylic acid groups (broad SMARTS) is 1. The van der Waals surface area contributed by atoms with Gasteiger partial charge in [0.1, 0.15) is 6.61 Å². The summed E-state index contributed by atoms with van der Waals surface area (Å²) >= 11 is 0. The zero-order chi connectivity index (χ0) is 15.0. The highest BCUT2D eigenvalue weighted by atomic mass is 16.5. The molecule has 1 aliphatic carbocycles. The molecule has 0 atom stereocenters. The number of aryl methyl sites for hydroxylation is 1. The lowest BCUT2D eigenvalue weighted by Gasteiger charge is -2.06. The normalized spacial score (nSPS) is 14.4. The van der Waals surface area contributed by atoms with E-state index in [0.717, 1.165) is 29.7 Å². The second-order valence-electron chi connectivity index (χ2n) is 5.36. The predicted molar refractivity (Wildman–Crippen MR) is 76.3 cm³/mol.